The highest BCUT2D eigenvalue weighted by Gasteiger charge is 2.13. The molecule has 0 fully saturated rings. The van der Waals surface area contributed by atoms with Crippen LogP contribution >= 0.6 is 0 Å². The van der Waals surface area contributed by atoms with Gasteiger partial charge in [-0.2, -0.15) is 0 Å². The molecule has 0 aliphatic rings. The van der Waals surface area contributed by atoms with Crippen molar-refractivity contribution >= 4 is 11.6 Å². The van der Waals surface area contributed by atoms with E-state index in [1.165, 1.54) is 9.08 Å². The summed E-state index contributed by atoms with van der Waals surface area (Å²) in [5.41, 5.74) is 1.68. The fourth-order valence-electron chi connectivity index (χ4n) is 3.17. The maximum Gasteiger partial charge on any atom is 0.350 e. The summed E-state index contributed by atoms with van der Waals surface area (Å²) in [7, 11) is 0. The molecule has 3 aromatic heterocycles. The van der Waals surface area contributed by atoms with Gasteiger partial charge in [0.05, 0.1) is 13.2 Å². The normalized spacial score (nSPS) is 10.8. The molecule has 0 atom stereocenters. The second-order valence-electron chi connectivity index (χ2n) is 6.93. The molecule has 0 bridgehead atoms. The number of carbonyl (C=O) groups excluding carboxylic acids is 1. The van der Waals surface area contributed by atoms with Crippen molar-refractivity contribution < 1.29 is 14.3 Å². The van der Waals surface area contributed by atoms with Gasteiger partial charge in [0.25, 0.3) is 5.91 Å². The van der Waals surface area contributed by atoms with E-state index in [1.54, 1.807) is 48.9 Å². The number of carbonyl (C=O) groups is 1. The summed E-state index contributed by atoms with van der Waals surface area (Å²) in [6.07, 6.45) is 5.09. The Morgan fingerprint density at radius 1 is 1.09 bits per heavy atom. The first-order valence-electron chi connectivity index (χ1n) is 10.3. The highest BCUT2D eigenvalue weighted by molar-refractivity contribution is 5.94. The molecule has 0 unspecified atom stereocenters. The van der Waals surface area contributed by atoms with Gasteiger partial charge in [0.1, 0.15) is 6.61 Å². The topological polar surface area (TPSA) is 99.8 Å². The van der Waals surface area contributed by atoms with E-state index in [0.29, 0.717) is 35.9 Å². The number of amides is 1. The van der Waals surface area contributed by atoms with Crippen molar-refractivity contribution in [3.8, 4) is 11.5 Å². The molecule has 0 saturated heterocycles. The Balaban J connectivity index is 1.39. The maximum atomic E-state index is 12.6. The molecule has 0 aliphatic carbocycles. The zero-order chi connectivity index (χ0) is 22.3. The van der Waals surface area contributed by atoms with Crippen molar-refractivity contribution in [2.75, 3.05) is 13.2 Å². The number of hydrogen-bond acceptors (Lipinski definition) is 6. The molecule has 4 aromatic rings. The van der Waals surface area contributed by atoms with Crippen LogP contribution in [0, 0.1) is 0 Å². The number of nitrogens with one attached hydrogen (secondary N) is 1. The molecule has 0 aliphatic heterocycles. The predicted molar refractivity (Wildman–Crippen MR) is 118 cm³/mol. The molecule has 3 heterocycles. The number of fused-ring (bicyclic) bond motifs is 1. The van der Waals surface area contributed by atoms with Crippen LogP contribution < -0.4 is 20.5 Å². The van der Waals surface area contributed by atoms with Gasteiger partial charge >= 0.3 is 5.69 Å². The Bertz CT molecular complexity index is 1270. The summed E-state index contributed by atoms with van der Waals surface area (Å²) in [5, 5.41) is 7.07. The lowest BCUT2D eigenvalue weighted by molar-refractivity contribution is 0.0951. The standard InChI is InChI=1S/C23H23N5O4/c1-2-31-20-14-18(8-9-19(20)32-16-17-6-5-10-24-15-17)22(29)25-11-13-28-23(30)27-12-4-3-7-21(27)26-28/h3-10,12,14-15H,2,11,13,16H2,1H3,(H,25,29). The minimum Gasteiger partial charge on any atom is -0.490 e. The zero-order valence-electron chi connectivity index (χ0n) is 17.6. The molecule has 32 heavy (non-hydrogen) atoms. The lowest BCUT2D eigenvalue weighted by Gasteiger charge is -2.13. The van der Waals surface area contributed by atoms with E-state index in [2.05, 4.69) is 15.4 Å². The first-order chi connectivity index (χ1) is 15.7. The average Bonchev–Trinajstić information content (AvgIpc) is 3.14. The molecule has 0 radical (unpaired) electrons. The minimum absolute atomic E-state index is 0.247. The molecule has 164 valence electrons. The van der Waals surface area contributed by atoms with E-state index in [9.17, 15) is 9.59 Å². The van der Waals surface area contributed by atoms with Crippen LogP contribution in [0.5, 0.6) is 11.5 Å². The number of hydrogen-bond donors (Lipinski definition) is 1. The van der Waals surface area contributed by atoms with Crippen LogP contribution in [0.4, 0.5) is 0 Å². The molecule has 9 heteroatoms. The summed E-state index contributed by atoms with van der Waals surface area (Å²) >= 11 is 0. The number of pyridine rings is 2. The summed E-state index contributed by atoms with van der Waals surface area (Å²) in [6.45, 7) is 3.16. The molecule has 9 nitrogen and oxygen atoms in total. The first-order valence-corrected chi connectivity index (χ1v) is 10.3. The van der Waals surface area contributed by atoms with Gasteiger partial charge in [0.15, 0.2) is 17.1 Å². The zero-order valence-corrected chi connectivity index (χ0v) is 17.6. The van der Waals surface area contributed by atoms with Crippen LogP contribution in [-0.2, 0) is 13.2 Å². The fourth-order valence-corrected chi connectivity index (χ4v) is 3.17. The largest absolute Gasteiger partial charge is 0.490 e. The summed E-state index contributed by atoms with van der Waals surface area (Å²) < 4.78 is 14.3. The SMILES string of the molecule is CCOc1cc(C(=O)NCCn2nc3ccccn3c2=O)ccc1OCc1cccnc1. The lowest BCUT2D eigenvalue weighted by Crippen LogP contribution is -2.31. The maximum absolute atomic E-state index is 12.6. The van der Waals surface area contributed by atoms with Gasteiger partial charge in [0.2, 0.25) is 0 Å². The first kappa shape index (κ1) is 21.1. The number of ether oxygens (including phenoxy) is 2. The second kappa shape index (κ2) is 9.78. The van der Waals surface area contributed by atoms with Gasteiger partial charge in [-0.25, -0.2) is 9.48 Å². The third kappa shape index (κ3) is 4.77. The Morgan fingerprint density at radius 2 is 2.00 bits per heavy atom. The molecule has 1 aromatic carbocycles. The number of benzene rings is 1. The number of rotatable bonds is 9. The van der Waals surface area contributed by atoms with Gasteiger partial charge in [0, 0.05) is 36.3 Å². The van der Waals surface area contributed by atoms with Crippen molar-refractivity contribution in [3.63, 3.8) is 0 Å². The highest BCUT2D eigenvalue weighted by Crippen LogP contribution is 2.29. The summed E-state index contributed by atoms with van der Waals surface area (Å²) in [5.74, 6) is 0.755. The summed E-state index contributed by atoms with van der Waals surface area (Å²) in [6, 6.07) is 14.1. The van der Waals surface area contributed by atoms with Crippen LogP contribution in [-0.4, -0.2) is 38.2 Å². The van der Waals surface area contributed by atoms with E-state index >= 15 is 0 Å². The van der Waals surface area contributed by atoms with Crippen molar-refractivity contribution in [1.82, 2.24) is 24.5 Å². The third-order valence-corrected chi connectivity index (χ3v) is 4.72. The molecular weight excluding hydrogens is 410 g/mol. The van der Waals surface area contributed by atoms with Crippen LogP contribution in [0.3, 0.4) is 0 Å². The average molecular weight is 433 g/mol. The Labute approximate surface area is 184 Å². The molecule has 1 amide bonds. The lowest BCUT2D eigenvalue weighted by atomic mass is 10.2. The second-order valence-corrected chi connectivity index (χ2v) is 6.93. The number of aromatic nitrogens is 4. The van der Waals surface area contributed by atoms with E-state index in [1.807, 2.05) is 25.1 Å². The molecule has 1 N–H and O–H groups in total. The molecule has 0 saturated carbocycles. The van der Waals surface area contributed by atoms with Crippen molar-refractivity contribution in [3.05, 3.63) is 88.7 Å². The minimum atomic E-state index is -0.276. The fraction of sp³-hybridized carbons (Fsp3) is 0.217. The van der Waals surface area contributed by atoms with E-state index in [-0.39, 0.29) is 24.7 Å². The van der Waals surface area contributed by atoms with E-state index in [4.69, 9.17) is 9.47 Å². The third-order valence-electron chi connectivity index (χ3n) is 4.72. The quantitative estimate of drug-likeness (QED) is 0.435. The van der Waals surface area contributed by atoms with Crippen molar-refractivity contribution in [2.45, 2.75) is 20.1 Å². The van der Waals surface area contributed by atoms with Gasteiger partial charge in [-0.1, -0.05) is 12.1 Å². The van der Waals surface area contributed by atoms with Gasteiger partial charge < -0.3 is 14.8 Å². The Morgan fingerprint density at radius 3 is 2.78 bits per heavy atom. The Kier molecular flexibility index (Phi) is 6.45. The van der Waals surface area contributed by atoms with Crippen LogP contribution in [0.1, 0.15) is 22.8 Å². The van der Waals surface area contributed by atoms with Crippen LogP contribution in [0.15, 0.2) is 71.9 Å². The van der Waals surface area contributed by atoms with Crippen LogP contribution in [0.25, 0.3) is 5.65 Å². The van der Waals surface area contributed by atoms with Crippen LogP contribution in [0.2, 0.25) is 0 Å². The van der Waals surface area contributed by atoms with E-state index in [0.717, 1.165) is 5.56 Å². The van der Waals surface area contributed by atoms with Crippen molar-refractivity contribution in [2.24, 2.45) is 0 Å². The molecular formula is C23H23N5O4. The molecule has 0 spiro atoms. The molecule has 4 rings (SSSR count). The van der Waals surface area contributed by atoms with Gasteiger partial charge in [-0.05, 0) is 43.3 Å². The summed E-state index contributed by atoms with van der Waals surface area (Å²) in [4.78, 5) is 29.0. The predicted octanol–water partition coefficient (Wildman–Crippen LogP) is 2.30. The van der Waals surface area contributed by atoms with Crippen molar-refractivity contribution in [1.29, 1.82) is 0 Å². The van der Waals surface area contributed by atoms with E-state index < -0.39 is 0 Å². The highest BCUT2D eigenvalue weighted by atomic mass is 16.5. The van der Waals surface area contributed by atoms with Gasteiger partial charge in [-0.15, -0.1) is 5.10 Å². The monoisotopic (exact) mass is 433 g/mol. The number of nitrogens with zero attached hydrogens (tertiary/aromatic N) is 4. The van der Waals surface area contributed by atoms with Gasteiger partial charge in [-0.3, -0.25) is 14.2 Å². The Hall–Kier alpha value is -4.14. The smallest absolute Gasteiger partial charge is 0.350 e.